The number of rotatable bonds is 6. The summed E-state index contributed by atoms with van der Waals surface area (Å²) in [6.45, 7) is 1.97. The SMILES string of the molecule is CC(CCS(C)=O)Nc1ccc(S(C)(=O)=O)cc1N. The molecule has 2 unspecified atom stereocenters. The van der Waals surface area contributed by atoms with Gasteiger partial charge in [-0.15, -0.1) is 0 Å². The Morgan fingerprint density at radius 1 is 1.42 bits per heavy atom. The van der Waals surface area contributed by atoms with E-state index in [4.69, 9.17) is 5.73 Å². The van der Waals surface area contributed by atoms with Crippen LogP contribution in [0.4, 0.5) is 11.4 Å². The van der Waals surface area contributed by atoms with Crippen LogP contribution in [0.3, 0.4) is 0 Å². The summed E-state index contributed by atoms with van der Waals surface area (Å²) in [7, 11) is -4.06. The van der Waals surface area contributed by atoms with E-state index in [1.165, 1.54) is 12.1 Å². The zero-order valence-corrected chi connectivity index (χ0v) is 13.0. The first kappa shape index (κ1) is 16.0. The van der Waals surface area contributed by atoms with Gasteiger partial charge in [0, 0.05) is 35.1 Å². The Morgan fingerprint density at radius 3 is 2.53 bits per heavy atom. The van der Waals surface area contributed by atoms with Gasteiger partial charge >= 0.3 is 0 Å². The first-order valence-corrected chi connectivity index (χ1v) is 9.48. The minimum absolute atomic E-state index is 0.121. The van der Waals surface area contributed by atoms with Crippen molar-refractivity contribution in [2.45, 2.75) is 24.3 Å². The molecule has 1 rings (SSSR count). The highest BCUT2D eigenvalue weighted by Crippen LogP contribution is 2.23. The zero-order chi connectivity index (χ0) is 14.6. The van der Waals surface area contributed by atoms with Crippen LogP contribution in [0.2, 0.25) is 0 Å². The van der Waals surface area contributed by atoms with Gasteiger partial charge in [0.25, 0.3) is 0 Å². The van der Waals surface area contributed by atoms with Gasteiger partial charge in [-0.25, -0.2) is 8.42 Å². The third-order valence-corrected chi connectivity index (χ3v) is 4.61. The molecule has 0 saturated carbocycles. The molecule has 5 nitrogen and oxygen atoms in total. The number of benzene rings is 1. The lowest BCUT2D eigenvalue weighted by molar-refractivity contribution is 0.602. The predicted molar refractivity (Wildman–Crippen MR) is 80.6 cm³/mol. The Balaban J connectivity index is 2.78. The first-order chi connectivity index (χ1) is 8.70. The van der Waals surface area contributed by atoms with Gasteiger partial charge in [0.2, 0.25) is 0 Å². The van der Waals surface area contributed by atoms with Crippen LogP contribution in [-0.4, -0.2) is 36.9 Å². The molecule has 0 aliphatic rings. The predicted octanol–water partition coefficient (Wildman–Crippen LogP) is 1.24. The summed E-state index contributed by atoms with van der Waals surface area (Å²) < 4.78 is 33.8. The summed E-state index contributed by atoms with van der Waals surface area (Å²) in [5.74, 6) is 0.621. The molecule has 2 atom stereocenters. The Morgan fingerprint density at radius 2 is 2.05 bits per heavy atom. The maximum atomic E-state index is 11.4. The summed E-state index contributed by atoms with van der Waals surface area (Å²) in [5, 5.41) is 3.19. The minimum atomic E-state index is -3.24. The van der Waals surface area contributed by atoms with Crippen molar-refractivity contribution in [2.75, 3.05) is 29.3 Å². The molecule has 3 N–H and O–H groups in total. The number of nitrogens with one attached hydrogen (secondary N) is 1. The highest BCUT2D eigenvalue weighted by atomic mass is 32.2. The average Bonchev–Trinajstić information content (AvgIpc) is 2.27. The van der Waals surface area contributed by atoms with Crippen molar-refractivity contribution < 1.29 is 12.6 Å². The molecule has 0 bridgehead atoms. The second kappa shape index (κ2) is 6.38. The van der Waals surface area contributed by atoms with Crippen molar-refractivity contribution in [3.8, 4) is 0 Å². The number of sulfone groups is 1. The van der Waals surface area contributed by atoms with Crippen LogP contribution in [0.25, 0.3) is 0 Å². The lowest BCUT2D eigenvalue weighted by atomic mass is 10.2. The molecule has 0 aliphatic carbocycles. The van der Waals surface area contributed by atoms with Crippen molar-refractivity contribution >= 4 is 32.0 Å². The number of hydrogen-bond donors (Lipinski definition) is 2. The molecule has 1 aromatic carbocycles. The largest absolute Gasteiger partial charge is 0.397 e. The zero-order valence-electron chi connectivity index (χ0n) is 11.3. The molecule has 7 heteroatoms. The molecule has 19 heavy (non-hydrogen) atoms. The summed E-state index contributed by atoms with van der Waals surface area (Å²) >= 11 is 0. The molecular formula is C12H20N2O3S2. The van der Waals surface area contributed by atoms with E-state index in [1.807, 2.05) is 6.92 Å². The molecule has 0 saturated heterocycles. The summed E-state index contributed by atoms with van der Waals surface area (Å²) in [4.78, 5) is 0.206. The Kier molecular flexibility index (Phi) is 5.37. The number of nitrogen functional groups attached to an aromatic ring is 1. The maximum absolute atomic E-state index is 11.4. The Labute approximate surface area is 117 Å². The molecular weight excluding hydrogens is 284 g/mol. The van der Waals surface area contributed by atoms with Crippen LogP contribution in [0.5, 0.6) is 0 Å². The molecule has 0 aromatic heterocycles. The van der Waals surface area contributed by atoms with Gasteiger partial charge in [0.1, 0.15) is 0 Å². The normalized spacial score (nSPS) is 14.9. The van der Waals surface area contributed by atoms with Crippen LogP contribution >= 0.6 is 0 Å². The van der Waals surface area contributed by atoms with E-state index in [1.54, 1.807) is 12.3 Å². The van der Waals surface area contributed by atoms with Gasteiger partial charge in [-0.1, -0.05) is 0 Å². The van der Waals surface area contributed by atoms with Crippen molar-refractivity contribution in [2.24, 2.45) is 0 Å². The van der Waals surface area contributed by atoms with Gasteiger partial charge < -0.3 is 11.1 Å². The third-order valence-electron chi connectivity index (χ3n) is 2.69. The van der Waals surface area contributed by atoms with Gasteiger partial charge in [-0.2, -0.15) is 0 Å². The molecule has 0 amide bonds. The van der Waals surface area contributed by atoms with Crippen molar-refractivity contribution in [3.63, 3.8) is 0 Å². The van der Waals surface area contributed by atoms with Gasteiger partial charge in [-0.3, -0.25) is 4.21 Å². The summed E-state index contributed by atoms with van der Waals surface area (Å²) in [5.41, 5.74) is 6.93. The van der Waals surface area contributed by atoms with E-state index in [9.17, 15) is 12.6 Å². The highest BCUT2D eigenvalue weighted by molar-refractivity contribution is 7.90. The Hall–Kier alpha value is -1.08. The standard InChI is InChI=1S/C12H20N2O3S2/c1-9(6-7-18(2)15)14-12-5-4-10(8-11(12)13)19(3,16)17/h4-5,8-9,14H,6-7,13H2,1-3H3. The molecule has 0 spiro atoms. The average molecular weight is 304 g/mol. The molecule has 1 aromatic rings. The molecule has 108 valence electrons. The lowest BCUT2D eigenvalue weighted by Crippen LogP contribution is -2.18. The van der Waals surface area contributed by atoms with Crippen molar-refractivity contribution in [3.05, 3.63) is 18.2 Å². The number of nitrogens with two attached hydrogens (primary N) is 1. The third kappa shape index (κ3) is 5.20. The van der Waals surface area contributed by atoms with E-state index >= 15 is 0 Å². The van der Waals surface area contributed by atoms with Crippen LogP contribution in [0.15, 0.2) is 23.1 Å². The monoisotopic (exact) mass is 304 g/mol. The van der Waals surface area contributed by atoms with Crippen LogP contribution in [0, 0.1) is 0 Å². The number of anilines is 2. The summed E-state index contributed by atoms with van der Waals surface area (Å²) in [6, 6.07) is 4.75. The van der Waals surface area contributed by atoms with E-state index in [0.717, 1.165) is 12.7 Å². The van der Waals surface area contributed by atoms with Crippen molar-refractivity contribution in [1.29, 1.82) is 0 Å². The summed E-state index contributed by atoms with van der Waals surface area (Å²) in [6.07, 6.45) is 3.58. The topological polar surface area (TPSA) is 89.3 Å². The van der Waals surface area contributed by atoms with Crippen LogP contribution in [0.1, 0.15) is 13.3 Å². The van der Waals surface area contributed by atoms with Crippen LogP contribution < -0.4 is 11.1 Å². The first-order valence-electron chi connectivity index (χ1n) is 5.86. The smallest absolute Gasteiger partial charge is 0.175 e. The fourth-order valence-electron chi connectivity index (χ4n) is 1.58. The maximum Gasteiger partial charge on any atom is 0.175 e. The molecule has 0 aliphatic heterocycles. The highest BCUT2D eigenvalue weighted by Gasteiger charge is 2.11. The van der Waals surface area contributed by atoms with Gasteiger partial charge in [-0.05, 0) is 31.5 Å². The van der Waals surface area contributed by atoms with Gasteiger partial charge in [0.05, 0.1) is 16.3 Å². The van der Waals surface area contributed by atoms with E-state index in [-0.39, 0.29) is 10.9 Å². The quantitative estimate of drug-likeness (QED) is 0.772. The molecule has 0 fully saturated rings. The second-order valence-corrected chi connectivity index (χ2v) is 8.20. The second-order valence-electron chi connectivity index (χ2n) is 4.63. The lowest BCUT2D eigenvalue weighted by Gasteiger charge is -2.16. The molecule has 0 radical (unpaired) electrons. The van der Waals surface area contributed by atoms with Crippen molar-refractivity contribution in [1.82, 2.24) is 0 Å². The molecule has 0 heterocycles. The fourth-order valence-corrected chi connectivity index (χ4v) is 2.93. The van der Waals surface area contributed by atoms with E-state index in [2.05, 4.69) is 5.32 Å². The minimum Gasteiger partial charge on any atom is -0.397 e. The van der Waals surface area contributed by atoms with E-state index < -0.39 is 20.6 Å². The fraction of sp³-hybridized carbons (Fsp3) is 0.500. The van der Waals surface area contributed by atoms with Gasteiger partial charge in [0.15, 0.2) is 9.84 Å². The van der Waals surface area contributed by atoms with E-state index in [0.29, 0.717) is 17.1 Å². The number of hydrogen-bond acceptors (Lipinski definition) is 5. The Bertz CT molecular complexity index is 570. The van der Waals surface area contributed by atoms with Crippen LogP contribution in [-0.2, 0) is 20.6 Å².